The molecule has 0 atom stereocenters. The fraction of sp³-hybridized carbons (Fsp3) is 0.556. The van der Waals surface area contributed by atoms with Crippen molar-refractivity contribution in [2.24, 2.45) is 5.92 Å². The molecule has 0 amide bonds. The molecule has 1 aliphatic rings. The van der Waals surface area contributed by atoms with E-state index in [1.165, 1.54) is 12.3 Å². The van der Waals surface area contributed by atoms with Gasteiger partial charge in [-0.1, -0.05) is 5.16 Å². The van der Waals surface area contributed by atoms with E-state index in [1.54, 1.807) is 0 Å². The van der Waals surface area contributed by atoms with E-state index in [-0.39, 0.29) is 11.8 Å². The lowest BCUT2D eigenvalue weighted by molar-refractivity contribution is -0.145. The van der Waals surface area contributed by atoms with Crippen LogP contribution in [0.1, 0.15) is 18.5 Å². The molecule has 0 aromatic carbocycles. The van der Waals surface area contributed by atoms with Crippen LogP contribution >= 0.6 is 0 Å². The minimum Gasteiger partial charge on any atom is -0.481 e. The van der Waals surface area contributed by atoms with Gasteiger partial charge in [-0.05, 0) is 12.8 Å². The molecular formula is C9H12N2O5S. The first kappa shape index (κ1) is 12.1. The summed E-state index contributed by atoms with van der Waals surface area (Å²) in [5.41, 5.74) is 0.326. The maximum Gasteiger partial charge on any atom is 0.306 e. The molecule has 7 nitrogen and oxygen atoms in total. The van der Waals surface area contributed by atoms with Gasteiger partial charge < -0.3 is 9.63 Å². The second kappa shape index (κ2) is 4.46. The van der Waals surface area contributed by atoms with Crippen LogP contribution < -0.4 is 4.72 Å². The number of carboxylic acids is 1. The largest absolute Gasteiger partial charge is 0.481 e. The van der Waals surface area contributed by atoms with Gasteiger partial charge in [0.15, 0.2) is 0 Å². The van der Waals surface area contributed by atoms with Crippen LogP contribution in [0.25, 0.3) is 0 Å². The van der Waals surface area contributed by atoms with Crippen LogP contribution in [-0.2, 0) is 20.6 Å². The van der Waals surface area contributed by atoms with E-state index < -0.39 is 21.9 Å². The van der Waals surface area contributed by atoms with Crippen molar-refractivity contribution in [3.8, 4) is 0 Å². The van der Waals surface area contributed by atoms with Gasteiger partial charge in [-0.3, -0.25) is 4.79 Å². The maximum atomic E-state index is 11.6. The lowest BCUT2D eigenvalue weighted by Gasteiger charge is -2.32. The van der Waals surface area contributed by atoms with E-state index in [2.05, 4.69) is 14.4 Å². The van der Waals surface area contributed by atoms with Gasteiger partial charge in [-0.2, -0.15) is 0 Å². The first-order chi connectivity index (χ1) is 7.96. The molecule has 0 unspecified atom stereocenters. The Morgan fingerprint density at radius 1 is 1.59 bits per heavy atom. The predicted octanol–water partition coefficient (Wildman–Crippen LogP) is -0.0428. The fourth-order valence-electron chi connectivity index (χ4n) is 1.72. The molecule has 1 aliphatic carbocycles. The monoisotopic (exact) mass is 260 g/mol. The van der Waals surface area contributed by atoms with Crippen molar-refractivity contribution < 1.29 is 22.8 Å². The molecule has 2 N–H and O–H groups in total. The summed E-state index contributed by atoms with van der Waals surface area (Å²) in [5.74, 6) is -1.57. The molecule has 0 saturated heterocycles. The van der Waals surface area contributed by atoms with Crippen LogP contribution in [0.2, 0.25) is 0 Å². The molecule has 0 spiro atoms. The van der Waals surface area contributed by atoms with Gasteiger partial charge >= 0.3 is 5.97 Å². The van der Waals surface area contributed by atoms with Crippen molar-refractivity contribution in [1.29, 1.82) is 0 Å². The van der Waals surface area contributed by atoms with Crippen LogP contribution in [0.4, 0.5) is 0 Å². The molecule has 1 saturated carbocycles. The first-order valence-corrected chi connectivity index (χ1v) is 6.73. The SMILES string of the molecule is O=C(O)C1CC(NS(=O)(=O)Cc2ccon2)C1. The summed E-state index contributed by atoms with van der Waals surface area (Å²) in [6, 6.07) is 1.19. The number of nitrogens with zero attached hydrogens (tertiary/aromatic N) is 1. The fourth-order valence-corrected chi connectivity index (χ4v) is 3.04. The lowest BCUT2D eigenvalue weighted by atomic mass is 9.81. The molecule has 0 aliphatic heterocycles. The molecule has 17 heavy (non-hydrogen) atoms. The van der Waals surface area contributed by atoms with Crippen molar-refractivity contribution in [2.75, 3.05) is 0 Å². The zero-order valence-electron chi connectivity index (χ0n) is 8.87. The Hall–Kier alpha value is -1.41. The summed E-state index contributed by atoms with van der Waals surface area (Å²) in [6.07, 6.45) is 1.98. The van der Waals surface area contributed by atoms with Crippen molar-refractivity contribution in [2.45, 2.75) is 24.6 Å². The number of sulfonamides is 1. The number of hydrogen-bond acceptors (Lipinski definition) is 5. The summed E-state index contributed by atoms with van der Waals surface area (Å²) >= 11 is 0. The van der Waals surface area contributed by atoms with E-state index in [9.17, 15) is 13.2 Å². The molecule has 1 fully saturated rings. The van der Waals surface area contributed by atoms with Crippen molar-refractivity contribution in [3.05, 3.63) is 18.0 Å². The maximum absolute atomic E-state index is 11.6. The van der Waals surface area contributed by atoms with Gasteiger partial charge in [-0.25, -0.2) is 13.1 Å². The molecule has 94 valence electrons. The minimum atomic E-state index is -3.48. The Bertz CT molecular complexity index is 489. The third kappa shape index (κ3) is 3.04. The normalized spacial score (nSPS) is 24.2. The third-order valence-corrected chi connectivity index (χ3v) is 4.03. The van der Waals surface area contributed by atoms with Crippen LogP contribution in [0.5, 0.6) is 0 Å². The Morgan fingerprint density at radius 2 is 2.29 bits per heavy atom. The number of aliphatic carboxylic acids is 1. The minimum absolute atomic E-state index is 0.252. The van der Waals surface area contributed by atoms with Crippen LogP contribution in [0, 0.1) is 5.92 Å². The molecule has 1 aromatic heterocycles. The second-order valence-electron chi connectivity index (χ2n) is 4.07. The van der Waals surface area contributed by atoms with E-state index >= 15 is 0 Å². The number of carboxylic acid groups (broad SMARTS) is 1. The van der Waals surface area contributed by atoms with E-state index in [0.717, 1.165) is 0 Å². The second-order valence-corrected chi connectivity index (χ2v) is 5.83. The van der Waals surface area contributed by atoms with Gasteiger partial charge in [0.25, 0.3) is 0 Å². The molecular weight excluding hydrogens is 248 g/mol. The van der Waals surface area contributed by atoms with Gasteiger partial charge in [-0.15, -0.1) is 0 Å². The van der Waals surface area contributed by atoms with E-state index in [4.69, 9.17) is 5.11 Å². The Morgan fingerprint density at radius 3 is 2.82 bits per heavy atom. The molecule has 1 aromatic rings. The summed E-state index contributed by atoms with van der Waals surface area (Å²) < 4.78 is 30.3. The molecule has 8 heteroatoms. The average molecular weight is 260 g/mol. The van der Waals surface area contributed by atoms with Gasteiger partial charge in [0.1, 0.15) is 12.0 Å². The topological polar surface area (TPSA) is 110 Å². The molecule has 1 heterocycles. The molecule has 2 rings (SSSR count). The van der Waals surface area contributed by atoms with Crippen molar-refractivity contribution >= 4 is 16.0 Å². The third-order valence-electron chi connectivity index (χ3n) is 2.66. The zero-order valence-corrected chi connectivity index (χ0v) is 9.68. The Kier molecular flexibility index (Phi) is 3.16. The Balaban J connectivity index is 1.85. The lowest BCUT2D eigenvalue weighted by Crippen LogP contribution is -2.46. The highest BCUT2D eigenvalue weighted by molar-refractivity contribution is 7.88. The van der Waals surface area contributed by atoms with Crippen LogP contribution in [-0.4, -0.2) is 30.7 Å². The van der Waals surface area contributed by atoms with Crippen LogP contribution in [0.3, 0.4) is 0 Å². The number of nitrogens with one attached hydrogen (secondary N) is 1. The summed E-state index contributed by atoms with van der Waals surface area (Å²) in [7, 11) is -3.48. The van der Waals surface area contributed by atoms with Crippen molar-refractivity contribution in [1.82, 2.24) is 9.88 Å². The van der Waals surface area contributed by atoms with Crippen LogP contribution in [0.15, 0.2) is 16.9 Å². The van der Waals surface area contributed by atoms with Crippen molar-refractivity contribution in [3.63, 3.8) is 0 Å². The highest BCUT2D eigenvalue weighted by Crippen LogP contribution is 2.28. The summed E-state index contributed by atoms with van der Waals surface area (Å²) in [4.78, 5) is 10.5. The van der Waals surface area contributed by atoms with Gasteiger partial charge in [0.05, 0.1) is 11.6 Å². The number of aromatic nitrogens is 1. The summed E-state index contributed by atoms with van der Waals surface area (Å²) in [5, 5.41) is 12.2. The smallest absolute Gasteiger partial charge is 0.306 e. The number of hydrogen-bond donors (Lipinski definition) is 2. The average Bonchev–Trinajstić information content (AvgIpc) is 2.61. The van der Waals surface area contributed by atoms with E-state index in [0.29, 0.717) is 18.5 Å². The summed E-state index contributed by atoms with van der Waals surface area (Å²) in [6.45, 7) is 0. The van der Waals surface area contributed by atoms with Gasteiger partial charge in [0.2, 0.25) is 10.0 Å². The predicted molar refractivity (Wildman–Crippen MR) is 56.4 cm³/mol. The Labute approximate surface area is 97.8 Å². The highest BCUT2D eigenvalue weighted by atomic mass is 32.2. The molecule has 0 radical (unpaired) electrons. The van der Waals surface area contributed by atoms with E-state index in [1.807, 2.05) is 0 Å². The number of rotatable bonds is 5. The highest BCUT2D eigenvalue weighted by Gasteiger charge is 2.36. The zero-order chi connectivity index (χ0) is 12.5. The number of carbonyl (C=O) groups is 1. The quantitative estimate of drug-likeness (QED) is 0.768. The molecule has 0 bridgehead atoms. The first-order valence-electron chi connectivity index (χ1n) is 5.08. The van der Waals surface area contributed by atoms with Gasteiger partial charge in [0, 0.05) is 12.1 Å². The standard InChI is InChI=1S/C9H12N2O5S/c12-9(13)6-3-8(4-6)11-17(14,15)5-7-1-2-16-10-7/h1-2,6,8,11H,3-5H2,(H,12,13).